The van der Waals surface area contributed by atoms with E-state index in [1.54, 1.807) is 34.0 Å². The van der Waals surface area contributed by atoms with Gasteiger partial charge in [0.15, 0.2) is 0 Å². The van der Waals surface area contributed by atoms with Crippen molar-refractivity contribution in [3.63, 3.8) is 0 Å². The fraction of sp³-hybridized carbons (Fsp3) is 0.258. The molecule has 1 unspecified atom stereocenters. The van der Waals surface area contributed by atoms with Crippen LogP contribution in [-0.2, 0) is 22.1 Å². The number of anilines is 1. The number of aromatic carboxylic acids is 1. The summed E-state index contributed by atoms with van der Waals surface area (Å²) in [5, 5.41) is 13.7. The molecule has 5 rings (SSSR count). The van der Waals surface area contributed by atoms with Crippen LogP contribution in [0.1, 0.15) is 39.9 Å². The van der Waals surface area contributed by atoms with Crippen LogP contribution >= 0.6 is 0 Å². The van der Waals surface area contributed by atoms with Gasteiger partial charge in [0, 0.05) is 36.0 Å². The molecular weight excluding hydrogens is 526 g/mol. The van der Waals surface area contributed by atoms with Gasteiger partial charge in [0.1, 0.15) is 5.75 Å². The molecule has 1 amide bonds. The number of aryl methyl sites for hydroxylation is 1. The normalized spacial score (nSPS) is 14.6. The number of carbonyl (C=O) groups is 2. The first-order valence-electron chi connectivity index (χ1n) is 13.2. The maximum absolute atomic E-state index is 13.2. The van der Waals surface area contributed by atoms with Crippen molar-refractivity contribution in [1.82, 2.24) is 9.78 Å². The van der Waals surface area contributed by atoms with E-state index in [9.17, 15) is 18.9 Å². The molecule has 40 heavy (non-hydrogen) atoms. The van der Waals surface area contributed by atoms with E-state index in [1.165, 1.54) is 5.56 Å². The molecule has 0 radical (unpaired) electrons. The molecule has 1 aliphatic heterocycles. The molecule has 206 valence electrons. The molecule has 1 atom stereocenters. The van der Waals surface area contributed by atoms with Crippen LogP contribution in [0, 0.1) is 13.8 Å². The van der Waals surface area contributed by atoms with Crippen molar-refractivity contribution >= 4 is 28.4 Å². The van der Waals surface area contributed by atoms with Crippen molar-refractivity contribution in [1.29, 1.82) is 0 Å². The smallest absolute Gasteiger partial charge is 0.335 e. The van der Waals surface area contributed by atoms with Crippen LogP contribution in [0.2, 0.25) is 0 Å². The molecule has 3 aromatic carbocycles. The monoisotopic (exact) mass is 557 g/mol. The number of nitrogens with zero attached hydrogens (tertiary/aromatic N) is 3. The Morgan fingerprint density at radius 1 is 1.07 bits per heavy atom. The topological polar surface area (TPSA) is 102 Å². The maximum atomic E-state index is 13.2. The third kappa shape index (κ3) is 5.84. The highest BCUT2D eigenvalue weighted by Gasteiger charge is 2.29. The van der Waals surface area contributed by atoms with E-state index in [2.05, 4.69) is 5.10 Å². The molecule has 8 nitrogen and oxygen atoms in total. The molecular formula is C31H31N3O5S. The molecule has 0 spiro atoms. The van der Waals surface area contributed by atoms with Crippen LogP contribution in [0.25, 0.3) is 11.1 Å². The number of fused-ring (bicyclic) bond motifs is 1. The lowest BCUT2D eigenvalue weighted by Gasteiger charge is -2.30. The zero-order valence-corrected chi connectivity index (χ0v) is 23.3. The van der Waals surface area contributed by atoms with Crippen LogP contribution in [0.3, 0.4) is 0 Å². The van der Waals surface area contributed by atoms with Gasteiger partial charge in [-0.3, -0.25) is 13.7 Å². The fourth-order valence-electron chi connectivity index (χ4n) is 4.86. The largest absolute Gasteiger partial charge is 0.493 e. The fourth-order valence-corrected chi connectivity index (χ4v) is 6.25. The van der Waals surface area contributed by atoms with Crippen molar-refractivity contribution in [2.45, 2.75) is 38.1 Å². The third-order valence-electron chi connectivity index (χ3n) is 7.12. The van der Waals surface area contributed by atoms with Gasteiger partial charge in [-0.1, -0.05) is 36.4 Å². The quantitative estimate of drug-likeness (QED) is 0.283. The molecule has 0 bridgehead atoms. The third-order valence-corrected chi connectivity index (χ3v) is 8.56. The second-order valence-corrected chi connectivity index (χ2v) is 11.3. The van der Waals surface area contributed by atoms with Crippen LogP contribution in [0.5, 0.6) is 5.75 Å². The molecule has 0 fully saturated rings. The number of amides is 1. The molecule has 2 heterocycles. The first-order chi connectivity index (χ1) is 19.3. The summed E-state index contributed by atoms with van der Waals surface area (Å²) in [5.74, 6) is 0.208. The summed E-state index contributed by atoms with van der Waals surface area (Å²) in [6.07, 6.45) is 4.47. The van der Waals surface area contributed by atoms with E-state index >= 15 is 0 Å². The minimum Gasteiger partial charge on any atom is -0.493 e. The lowest BCUT2D eigenvalue weighted by atomic mass is 10.1. The Hall–Kier alpha value is -4.24. The van der Waals surface area contributed by atoms with Gasteiger partial charge in [-0.2, -0.15) is 5.10 Å². The number of hydrogen-bond donors (Lipinski definition) is 1. The van der Waals surface area contributed by atoms with Crippen LogP contribution in [0.15, 0.2) is 78.0 Å². The predicted octanol–water partition coefficient (Wildman–Crippen LogP) is 5.23. The Labute approximate surface area is 235 Å². The first kappa shape index (κ1) is 27.3. The highest BCUT2D eigenvalue weighted by molar-refractivity contribution is 7.85. The molecule has 1 aromatic heterocycles. The van der Waals surface area contributed by atoms with Gasteiger partial charge in [-0.05, 0) is 61.2 Å². The number of carbonyl (C=O) groups excluding carboxylic acids is 1. The second kappa shape index (κ2) is 11.9. The number of carboxylic acid groups (broad SMARTS) is 1. The van der Waals surface area contributed by atoms with Crippen molar-refractivity contribution in [3.8, 4) is 16.9 Å². The standard InChI is InChI=1S/C31H31N3O5S/c1-21-7-3-12-28(22(21)2)39-15-6-13-29(35)34-14-16-40(38)30-26(10-5-11-27(30)34)25-18-32-33(20-25)19-23-8-4-9-24(17-23)31(36)37/h3-5,7-12,17-18,20H,6,13-16,19H2,1-2H3,(H,36,37). The minimum atomic E-state index is -1.26. The zero-order valence-electron chi connectivity index (χ0n) is 22.5. The van der Waals surface area contributed by atoms with E-state index < -0.39 is 16.8 Å². The first-order valence-corrected chi connectivity index (χ1v) is 14.5. The van der Waals surface area contributed by atoms with Crippen LogP contribution < -0.4 is 9.64 Å². The van der Waals surface area contributed by atoms with Gasteiger partial charge in [0.05, 0.1) is 46.3 Å². The molecule has 9 heteroatoms. The zero-order chi connectivity index (χ0) is 28.2. The highest BCUT2D eigenvalue weighted by Crippen LogP contribution is 2.37. The minimum absolute atomic E-state index is 0.0197. The van der Waals surface area contributed by atoms with E-state index in [4.69, 9.17) is 4.74 Å². The number of benzene rings is 3. The Bertz CT molecular complexity index is 1600. The van der Waals surface area contributed by atoms with E-state index in [0.29, 0.717) is 48.9 Å². The summed E-state index contributed by atoms with van der Waals surface area (Å²) in [6.45, 7) is 5.31. The van der Waals surface area contributed by atoms with Gasteiger partial charge in [0.2, 0.25) is 5.91 Å². The van der Waals surface area contributed by atoms with Gasteiger partial charge < -0.3 is 14.7 Å². The Balaban J connectivity index is 1.29. The summed E-state index contributed by atoms with van der Waals surface area (Å²) in [6, 6.07) is 18.3. The molecule has 0 saturated carbocycles. The maximum Gasteiger partial charge on any atom is 0.335 e. The number of rotatable bonds is 9. The molecule has 0 aliphatic carbocycles. The predicted molar refractivity (Wildman–Crippen MR) is 154 cm³/mol. The number of hydrogen-bond acceptors (Lipinski definition) is 5. The summed E-state index contributed by atoms with van der Waals surface area (Å²) in [7, 11) is -1.26. The molecule has 4 aromatic rings. The van der Waals surface area contributed by atoms with Crippen LogP contribution in [0.4, 0.5) is 5.69 Å². The van der Waals surface area contributed by atoms with Crippen molar-refractivity contribution < 1.29 is 23.6 Å². The summed E-state index contributed by atoms with van der Waals surface area (Å²) in [5.41, 5.74) is 5.54. The van der Waals surface area contributed by atoms with Crippen molar-refractivity contribution in [3.05, 3.63) is 95.3 Å². The summed E-state index contributed by atoms with van der Waals surface area (Å²) in [4.78, 5) is 26.9. The van der Waals surface area contributed by atoms with Gasteiger partial charge in [-0.15, -0.1) is 0 Å². The average Bonchev–Trinajstić information content (AvgIpc) is 3.41. The summed E-state index contributed by atoms with van der Waals surface area (Å²) >= 11 is 0. The van der Waals surface area contributed by atoms with Crippen molar-refractivity contribution in [2.75, 3.05) is 23.8 Å². The average molecular weight is 558 g/mol. The van der Waals surface area contributed by atoms with Crippen molar-refractivity contribution in [2.24, 2.45) is 0 Å². The Kier molecular flexibility index (Phi) is 8.11. The lowest BCUT2D eigenvalue weighted by Crippen LogP contribution is -2.38. The molecule has 1 N–H and O–H groups in total. The highest BCUT2D eigenvalue weighted by atomic mass is 32.2. The Morgan fingerprint density at radius 3 is 2.70 bits per heavy atom. The number of aromatic nitrogens is 2. The molecule has 1 aliphatic rings. The van der Waals surface area contributed by atoms with Crippen LogP contribution in [-0.4, -0.2) is 49.9 Å². The van der Waals surface area contributed by atoms with Gasteiger partial charge in [-0.25, -0.2) is 4.79 Å². The number of carboxylic acids is 1. The van der Waals surface area contributed by atoms with E-state index in [0.717, 1.165) is 28.0 Å². The molecule has 0 saturated heterocycles. The lowest BCUT2D eigenvalue weighted by molar-refractivity contribution is -0.118. The number of ether oxygens (including phenoxy) is 1. The van der Waals surface area contributed by atoms with E-state index in [-0.39, 0.29) is 11.5 Å². The SMILES string of the molecule is Cc1cccc(OCCCC(=O)N2CCS(=O)c3c(-c4cnn(Cc5cccc(C(=O)O)c5)c4)cccc32)c1C. The van der Waals surface area contributed by atoms with E-state index in [1.807, 2.05) is 62.5 Å². The summed E-state index contributed by atoms with van der Waals surface area (Å²) < 4.78 is 20.8. The van der Waals surface area contributed by atoms with Gasteiger partial charge in [0.25, 0.3) is 0 Å². The Morgan fingerprint density at radius 2 is 1.88 bits per heavy atom. The van der Waals surface area contributed by atoms with Gasteiger partial charge >= 0.3 is 5.97 Å². The second-order valence-electron chi connectivity index (χ2n) is 9.83.